The van der Waals surface area contributed by atoms with Crippen LogP contribution < -0.4 is 16.0 Å². The second-order valence-electron chi connectivity index (χ2n) is 5.65. The Morgan fingerprint density at radius 2 is 1.80 bits per heavy atom. The summed E-state index contributed by atoms with van der Waals surface area (Å²) in [6, 6.07) is 3.32. The van der Waals surface area contributed by atoms with E-state index in [1.54, 1.807) is 21.0 Å². The number of nitrogens with two attached hydrogens (primary N) is 1. The predicted molar refractivity (Wildman–Crippen MR) is 81.5 cm³/mol. The van der Waals surface area contributed by atoms with E-state index in [1.165, 1.54) is 6.26 Å². The summed E-state index contributed by atoms with van der Waals surface area (Å²) < 4.78 is 28.3. The van der Waals surface area contributed by atoms with Crippen LogP contribution in [-0.4, -0.2) is 26.5 Å². The molecule has 0 heterocycles. The molecule has 3 N–H and O–H groups in total. The predicted octanol–water partition coefficient (Wildman–Crippen LogP) is 1.64. The van der Waals surface area contributed by atoms with Crippen molar-refractivity contribution in [3.05, 3.63) is 28.8 Å². The minimum absolute atomic E-state index is 0.498. The van der Waals surface area contributed by atoms with Crippen LogP contribution in [0.4, 0.5) is 0 Å². The molecule has 20 heavy (non-hydrogen) atoms. The summed E-state index contributed by atoms with van der Waals surface area (Å²) >= 11 is 0. The van der Waals surface area contributed by atoms with Crippen molar-refractivity contribution in [3.8, 4) is 5.75 Å². The van der Waals surface area contributed by atoms with E-state index in [9.17, 15) is 8.42 Å². The third-order valence-electron chi connectivity index (χ3n) is 3.91. The van der Waals surface area contributed by atoms with E-state index in [4.69, 9.17) is 10.6 Å². The lowest BCUT2D eigenvalue weighted by Crippen LogP contribution is -2.47. The van der Waals surface area contributed by atoms with Gasteiger partial charge in [-0.05, 0) is 50.5 Å². The van der Waals surface area contributed by atoms with E-state index in [0.717, 1.165) is 22.4 Å². The second kappa shape index (κ2) is 5.71. The summed E-state index contributed by atoms with van der Waals surface area (Å²) in [5, 5.41) is 0. The van der Waals surface area contributed by atoms with Gasteiger partial charge in [0, 0.05) is 6.26 Å². The highest BCUT2D eigenvalue weighted by molar-refractivity contribution is 7.92. The standard InChI is InChI=1S/C14H24N2O3S/c1-9-8-12(19-5)10(2)7-11(9)13(16-15)14(3,4)20(6,17)18/h7-8,13,16H,15H2,1-6H3. The van der Waals surface area contributed by atoms with Crippen molar-refractivity contribution in [2.45, 2.75) is 38.5 Å². The number of ether oxygens (including phenoxy) is 1. The molecule has 1 aromatic rings. The van der Waals surface area contributed by atoms with Gasteiger partial charge in [0.15, 0.2) is 9.84 Å². The van der Waals surface area contributed by atoms with Crippen molar-refractivity contribution in [1.29, 1.82) is 0 Å². The number of hydrazine groups is 1. The van der Waals surface area contributed by atoms with Gasteiger partial charge in [0.05, 0.1) is 17.9 Å². The fourth-order valence-corrected chi connectivity index (χ4v) is 2.85. The van der Waals surface area contributed by atoms with Gasteiger partial charge in [0.25, 0.3) is 0 Å². The second-order valence-corrected chi connectivity index (χ2v) is 8.25. The Labute approximate surface area is 121 Å². The van der Waals surface area contributed by atoms with Gasteiger partial charge in [0.2, 0.25) is 0 Å². The Kier molecular flexibility index (Phi) is 4.84. The summed E-state index contributed by atoms with van der Waals surface area (Å²) in [5.41, 5.74) is 5.39. The molecule has 1 unspecified atom stereocenters. The average Bonchev–Trinajstić information content (AvgIpc) is 2.32. The maximum absolute atomic E-state index is 12.0. The lowest BCUT2D eigenvalue weighted by atomic mass is 9.91. The molecule has 5 nitrogen and oxygen atoms in total. The molecule has 0 aliphatic heterocycles. The zero-order chi connectivity index (χ0) is 15.7. The van der Waals surface area contributed by atoms with E-state index in [2.05, 4.69) is 5.43 Å². The minimum atomic E-state index is -3.28. The molecule has 114 valence electrons. The van der Waals surface area contributed by atoms with Crippen molar-refractivity contribution in [2.24, 2.45) is 5.84 Å². The highest BCUT2D eigenvalue weighted by Crippen LogP contribution is 2.35. The number of rotatable bonds is 5. The number of benzene rings is 1. The van der Waals surface area contributed by atoms with Crippen LogP contribution in [0.3, 0.4) is 0 Å². The molecule has 0 amide bonds. The topological polar surface area (TPSA) is 81.4 Å². The number of methoxy groups -OCH3 is 1. The van der Waals surface area contributed by atoms with Crippen LogP contribution in [0.5, 0.6) is 5.75 Å². The Hall–Kier alpha value is -1.11. The minimum Gasteiger partial charge on any atom is -0.496 e. The van der Waals surface area contributed by atoms with E-state index < -0.39 is 20.6 Å². The van der Waals surface area contributed by atoms with Gasteiger partial charge in [-0.25, -0.2) is 8.42 Å². The van der Waals surface area contributed by atoms with Crippen LogP contribution in [0.1, 0.15) is 36.6 Å². The lowest BCUT2D eigenvalue weighted by molar-refractivity contribution is 0.407. The van der Waals surface area contributed by atoms with E-state index >= 15 is 0 Å². The van der Waals surface area contributed by atoms with Crippen molar-refractivity contribution >= 4 is 9.84 Å². The zero-order valence-electron chi connectivity index (χ0n) is 12.9. The van der Waals surface area contributed by atoms with E-state index in [-0.39, 0.29) is 0 Å². The summed E-state index contributed by atoms with van der Waals surface area (Å²) in [6.45, 7) is 7.18. The molecule has 0 aromatic heterocycles. The molecular formula is C14H24N2O3S. The molecule has 0 spiro atoms. The first-order valence-electron chi connectivity index (χ1n) is 6.37. The molecule has 0 aliphatic carbocycles. The summed E-state index contributed by atoms with van der Waals surface area (Å²) in [6.07, 6.45) is 1.23. The number of sulfone groups is 1. The van der Waals surface area contributed by atoms with Gasteiger partial charge in [-0.2, -0.15) is 0 Å². The number of hydrogen-bond acceptors (Lipinski definition) is 5. The van der Waals surface area contributed by atoms with Crippen molar-refractivity contribution in [2.75, 3.05) is 13.4 Å². The third-order valence-corrected chi connectivity index (χ3v) is 6.06. The van der Waals surface area contributed by atoms with Gasteiger partial charge in [-0.3, -0.25) is 11.3 Å². The number of aryl methyl sites for hydroxylation is 2. The maximum atomic E-state index is 12.0. The molecular weight excluding hydrogens is 276 g/mol. The Morgan fingerprint density at radius 3 is 2.20 bits per heavy atom. The fraction of sp³-hybridized carbons (Fsp3) is 0.571. The van der Waals surface area contributed by atoms with Gasteiger partial charge in [-0.15, -0.1) is 0 Å². The molecule has 0 bridgehead atoms. The molecule has 0 saturated carbocycles. The average molecular weight is 300 g/mol. The SMILES string of the molecule is COc1cc(C)c(C(NN)C(C)(C)S(C)(=O)=O)cc1C. The summed E-state index contributed by atoms with van der Waals surface area (Å²) in [5.74, 6) is 6.41. The van der Waals surface area contributed by atoms with Crippen molar-refractivity contribution in [3.63, 3.8) is 0 Å². The summed E-state index contributed by atoms with van der Waals surface area (Å²) in [7, 11) is -1.67. The van der Waals surface area contributed by atoms with Crippen molar-refractivity contribution < 1.29 is 13.2 Å². The first-order chi connectivity index (χ1) is 9.06. The van der Waals surface area contributed by atoms with Crippen LogP contribution in [-0.2, 0) is 9.84 Å². The summed E-state index contributed by atoms with van der Waals surface area (Å²) in [4.78, 5) is 0. The lowest BCUT2D eigenvalue weighted by Gasteiger charge is -2.33. The fourth-order valence-electron chi connectivity index (χ4n) is 2.22. The largest absolute Gasteiger partial charge is 0.496 e. The van der Waals surface area contributed by atoms with Gasteiger partial charge >= 0.3 is 0 Å². The van der Waals surface area contributed by atoms with Crippen LogP contribution in [0.15, 0.2) is 12.1 Å². The van der Waals surface area contributed by atoms with Crippen LogP contribution in [0.25, 0.3) is 0 Å². The first kappa shape index (κ1) is 16.9. The van der Waals surface area contributed by atoms with Crippen LogP contribution in [0.2, 0.25) is 0 Å². The molecule has 0 aliphatic rings. The molecule has 1 rings (SSSR count). The zero-order valence-corrected chi connectivity index (χ0v) is 13.8. The molecule has 0 fully saturated rings. The highest BCUT2D eigenvalue weighted by atomic mass is 32.2. The molecule has 1 atom stereocenters. The Morgan fingerprint density at radius 1 is 1.25 bits per heavy atom. The number of nitrogens with one attached hydrogen (secondary N) is 1. The van der Waals surface area contributed by atoms with Gasteiger partial charge < -0.3 is 4.74 Å². The Bertz CT molecular complexity index is 595. The van der Waals surface area contributed by atoms with Crippen molar-refractivity contribution in [1.82, 2.24) is 5.43 Å². The van der Waals surface area contributed by atoms with Gasteiger partial charge in [-0.1, -0.05) is 6.07 Å². The number of hydrogen-bond donors (Lipinski definition) is 2. The molecule has 1 aromatic carbocycles. The molecule has 0 radical (unpaired) electrons. The van der Waals surface area contributed by atoms with Crippen LogP contribution in [0, 0.1) is 13.8 Å². The third kappa shape index (κ3) is 2.97. The molecule has 0 saturated heterocycles. The van der Waals surface area contributed by atoms with Gasteiger partial charge in [0.1, 0.15) is 5.75 Å². The first-order valence-corrected chi connectivity index (χ1v) is 8.26. The van der Waals surface area contributed by atoms with E-state index in [0.29, 0.717) is 0 Å². The van der Waals surface area contributed by atoms with E-state index in [1.807, 2.05) is 26.0 Å². The van der Waals surface area contributed by atoms with Crippen LogP contribution >= 0.6 is 0 Å². The quantitative estimate of drug-likeness (QED) is 0.638. The monoisotopic (exact) mass is 300 g/mol. The molecule has 6 heteroatoms. The smallest absolute Gasteiger partial charge is 0.154 e. The Balaban J connectivity index is 3.45. The maximum Gasteiger partial charge on any atom is 0.154 e. The highest BCUT2D eigenvalue weighted by Gasteiger charge is 2.40. The normalized spacial score (nSPS) is 14.2.